The second-order valence-corrected chi connectivity index (χ2v) is 12.1. The van der Waals surface area contributed by atoms with Gasteiger partial charge in [0, 0.05) is 55.3 Å². The second kappa shape index (κ2) is 12.9. The van der Waals surface area contributed by atoms with E-state index in [1.165, 1.54) is 6.08 Å². The first kappa shape index (κ1) is 30.1. The Labute approximate surface area is 262 Å². The number of piperazine rings is 1. The number of likely N-dealkylation sites (N-methyl/N-ethyl adjacent to an activating group) is 1. The average Bonchev–Trinajstić information content (AvgIpc) is 2.99. The molecule has 44 heavy (non-hydrogen) atoms. The molecule has 0 unspecified atom stereocenters. The van der Waals surface area contributed by atoms with Gasteiger partial charge in [-0.2, -0.15) is 9.97 Å². The van der Waals surface area contributed by atoms with E-state index in [-0.39, 0.29) is 24.6 Å². The molecule has 2 fully saturated rings. The summed E-state index contributed by atoms with van der Waals surface area (Å²) in [6.45, 7) is 18.4. The van der Waals surface area contributed by atoms with Crippen molar-refractivity contribution in [1.29, 1.82) is 0 Å². The van der Waals surface area contributed by atoms with Gasteiger partial charge in [0.15, 0.2) is 0 Å². The summed E-state index contributed by atoms with van der Waals surface area (Å²) >= 11 is 6.68. The maximum Gasteiger partial charge on any atom is 0.318 e. The number of rotatable bonds is 9. The minimum atomic E-state index is -0.261. The van der Waals surface area contributed by atoms with Crippen LogP contribution < -0.4 is 14.5 Å². The van der Waals surface area contributed by atoms with E-state index in [4.69, 9.17) is 37.6 Å². The molecule has 0 N–H and O–H groups in total. The number of hydrogen-bond donors (Lipinski definition) is 0. The molecule has 3 aromatic rings. The molecule has 6 rings (SSSR count). The molecule has 1 amide bonds. The van der Waals surface area contributed by atoms with Gasteiger partial charge in [-0.25, -0.2) is 6.57 Å². The predicted octanol–water partition coefficient (Wildman–Crippen LogP) is 3.46. The van der Waals surface area contributed by atoms with E-state index in [1.807, 2.05) is 37.5 Å². The van der Waals surface area contributed by atoms with Crippen LogP contribution in [0.5, 0.6) is 6.01 Å². The van der Waals surface area contributed by atoms with Crippen LogP contribution in [0, 0.1) is 6.57 Å². The highest BCUT2D eigenvalue weighted by molar-refractivity contribution is 6.36. The molecule has 3 aliphatic heterocycles. The maximum absolute atomic E-state index is 12.6. The van der Waals surface area contributed by atoms with Crippen molar-refractivity contribution in [2.45, 2.75) is 38.1 Å². The van der Waals surface area contributed by atoms with Crippen LogP contribution in [-0.4, -0.2) is 108 Å². The standard InChI is InChI=1S/C32H37ClN8O3/c1-5-29(42)41-12-11-40(17-23(41)14-34-3)31-25-9-10-39(28-15-35-13-22-7-6-8-26(33)30(22)28)18-27(25)36-32(37-31)44-21(2)16-38(4)24-19-43-20-24/h5-8,13,15,21,23-24H,1,9-12,14,16-20H2,2,4H3/t21-,23-/m0/s1. The number of pyridine rings is 1. The Morgan fingerprint density at radius 3 is 2.86 bits per heavy atom. The van der Waals surface area contributed by atoms with Gasteiger partial charge in [-0.05, 0) is 32.5 Å². The Kier molecular flexibility index (Phi) is 8.84. The molecule has 0 aliphatic carbocycles. The maximum atomic E-state index is 12.6. The molecule has 1 aromatic carbocycles. The van der Waals surface area contributed by atoms with Crippen LogP contribution in [-0.2, 0) is 22.5 Å². The molecule has 0 saturated carbocycles. The van der Waals surface area contributed by atoms with Gasteiger partial charge in [-0.3, -0.25) is 14.7 Å². The van der Waals surface area contributed by atoms with E-state index in [0.29, 0.717) is 56.2 Å². The van der Waals surface area contributed by atoms with Crippen molar-refractivity contribution < 1.29 is 14.3 Å². The van der Waals surface area contributed by atoms with Gasteiger partial charge in [-0.1, -0.05) is 30.3 Å². The number of carbonyl (C=O) groups is 1. The van der Waals surface area contributed by atoms with Crippen LogP contribution in [0.25, 0.3) is 15.6 Å². The zero-order valence-electron chi connectivity index (χ0n) is 25.2. The van der Waals surface area contributed by atoms with Gasteiger partial charge in [0.25, 0.3) is 0 Å². The first-order chi connectivity index (χ1) is 21.4. The number of fused-ring (bicyclic) bond motifs is 2. The summed E-state index contributed by atoms with van der Waals surface area (Å²) in [4.78, 5) is 39.1. The van der Waals surface area contributed by atoms with Crippen molar-refractivity contribution in [3.05, 3.63) is 70.9 Å². The number of benzene rings is 1. The average molecular weight is 617 g/mol. The van der Waals surface area contributed by atoms with Crippen molar-refractivity contribution >= 4 is 39.8 Å². The van der Waals surface area contributed by atoms with Gasteiger partial charge in [0.1, 0.15) is 18.0 Å². The van der Waals surface area contributed by atoms with Crippen molar-refractivity contribution in [3.8, 4) is 6.01 Å². The van der Waals surface area contributed by atoms with Crippen LogP contribution in [0.15, 0.2) is 43.2 Å². The van der Waals surface area contributed by atoms with Gasteiger partial charge in [-0.15, -0.1) is 0 Å². The zero-order valence-corrected chi connectivity index (χ0v) is 25.9. The van der Waals surface area contributed by atoms with E-state index < -0.39 is 0 Å². The molecular formula is C32H37ClN8O3. The molecule has 0 bridgehead atoms. The van der Waals surface area contributed by atoms with E-state index in [2.05, 4.69) is 38.2 Å². The Bertz CT molecular complexity index is 1590. The molecule has 5 heterocycles. The number of nitrogens with zero attached hydrogens (tertiary/aromatic N) is 8. The van der Waals surface area contributed by atoms with Crippen molar-refractivity contribution in [2.24, 2.45) is 0 Å². The minimum absolute atomic E-state index is 0.149. The lowest BCUT2D eigenvalue weighted by Crippen LogP contribution is -2.56. The molecule has 2 aromatic heterocycles. The lowest BCUT2D eigenvalue weighted by Gasteiger charge is -2.41. The number of aromatic nitrogens is 3. The first-order valence-corrected chi connectivity index (χ1v) is 15.4. The number of halogens is 1. The van der Waals surface area contributed by atoms with Crippen LogP contribution in [0.3, 0.4) is 0 Å². The van der Waals surface area contributed by atoms with Crippen molar-refractivity contribution in [2.75, 3.05) is 69.3 Å². The molecule has 11 nitrogen and oxygen atoms in total. The Balaban J connectivity index is 1.33. The van der Waals surface area contributed by atoms with Gasteiger partial charge in [0.2, 0.25) is 12.5 Å². The minimum Gasteiger partial charge on any atom is -0.459 e. The van der Waals surface area contributed by atoms with Crippen molar-refractivity contribution in [1.82, 2.24) is 24.8 Å². The molecule has 2 saturated heterocycles. The molecule has 230 valence electrons. The predicted molar refractivity (Wildman–Crippen MR) is 170 cm³/mol. The van der Waals surface area contributed by atoms with E-state index in [1.54, 1.807) is 4.90 Å². The second-order valence-electron chi connectivity index (χ2n) is 11.7. The quantitative estimate of drug-likeness (QED) is 0.265. The summed E-state index contributed by atoms with van der Waals surface area (Å²) in [6.07, 6.45) is 5.59. The molecule has 0 spiro atoms. The molecule has 12 heteroatoms. The normalized spacial score (nSPS) is 19.3. The lowest BCUT2D eigenvalue weighted by atomic mass is 10.0. The van der Waals surface area contributed by atoms with Crippen LogP contribution in [0.1, 0.15) is 18.2 Å². The number of hydrogen-bond acceptors (Lipinski definition) is 9. The lowest BCUT2D eigenvalue weighted by molar-refractivity contribution is -0.128. The fourth-order valence-corrected chi connectivity index (χ4v) is 6.56. The third-order valence-electron chi connectivity index (χ3n) is 8.71. The molecule has 0 radical (unpaired) electrons. The van der Waals surface area contributed by atoms with Gasteiger partial charge < -0.3 is 29.0 Å². The fourth-order valence-electron chi connectivity index (χ4n) is 6.29. The van der Waals surface area contributed by atoms with E-state index in [9.17, 15) is 4.79 Å². The highest BCUT2D eigenvalue weighted by Gasteiger charge is 2.35. The highest BCUT2D eigenvalue weighted by atomic mass is 35.5. The summed E-state index contributed by atoms with van der Waals surface area (Å²) in [5.41, 5.74) is 2.92. The summed E-state index contributed by atoms with van der Waals surface area (Å²) < 4.78 is 11.7. The summed E-state index contributed by atoms with van der Waals surface area (Å²) in [7, 11) is 2.08. The number of carbonyl (C=O) groups excluding carboxylic acids is 1. The molecule has 2 atom stereocenters. The number of anilines is 2. The molecular weight excluding hydrogens is 580 g/mol. The summed E-state index contributed by atoms with van der Waals surface area (Å²) in [5, 5.41) is 2.64. The first-order valence-electron chi connectivity index (χ1n) is 15.0. The smallest absolute Gasteiger partial charge is 0.318 e. The number of amides is 1. The van der Waals surface area contributed by atoms with E-state index >= 15 is 0 Å². The Morgan fingerprint density at radius 1 is 1.27 bits per heavy atom. The zero-order chi connectivity index (χ0) is 30.8. The van der Waals surface area contributed by atoms with Crippen LogP contribution in [0.4, 0.5) is 11.5 Å². The Hall–Kier alpha value is -3.98. The fraction of sp³-hybridized carbons (Fsp3) is 0.469. The Morgan fingerprint density at radius 2 is 2.11 bits per heavy atom. The molecule has 3 aliphatic rings. The summed E-state index contributed by atoms with van der Waals surface area (Å²) in [5.74, 6) is 0.659. The van der Waals surface area contributed by atoms with Gasteiger partial charge >= 0.3 is 6.01 Å². The van der Waals surface area contributed by atoms with Crippen LogP contribution in [0.2, 0.25) is 5.02 Å². The topological polar surface area (TPSA) is 91.5 Å². The highest BCUT2D eigenvalue weighted by Crippen LogP contribution is 2.36. The van der Waals surface area contributed by atoms with E-state index in [0.717, 1.165) is 53.3 Å². The largest absolute Gasteiger partial charge is 0.459 e. The monoisotopic (exact) mass is 616 g/mol. The van der Waals surface area contributed by atoms with Crippen molar-refractivity contribution in [3.63, 3.8) is 0 Å². The third-order valence-corrected chi connectivity index (χ3v) is 9.03. The SMILES string of the molecule is [C-]#[N+]C[C@H]1CN(c2nc(O[C@@H](C)CN(C)C3COC3)nc3c2CCN(c2cncc4cccc(Cl)c24)C3)CCN1C(=O)C=C. The summed E-state index contributed by atoms with van der Waals surface area (Å²) in [6, 6.07) is 6.32. The third kappa shape index (κ3) is 6.02. The number of ether oxygens (including phenoxy) is 2. The van der Waals surface area contributed by atoms with Gasteiger partial charge in [0.05, 0.1) is 48.4 Å². The van der Waals surface area contributed by atoms with Crippen LogP contribution >= 0.6 is 11.6 Å².